The number of hydrogen-bond donors (Lipinski definition) is 0. The second kappa shape index (κ2) is 17.2. The van der Waals surface area contributed by atoms with E-state index in [2.05, 4.69) is 172 Å². The van der Waals surface area contributed by atoms with Crippen molar-refractivity contribution < 1.29 is 48.0 Å². The molecule has 0 N–H and O–H groups in total. The third-order valence-corrected chi connectivity index (χ3v) is 18.6. The van der Waals surface area contributed by atoms with Gasteiger partial charge in [-0.25, -0.2) is 0 Å². The van der Waals surface area contributed by atoms with Crippen molar-refractivity contribution in [1.82, 2.24) is 0 Å². The number of fused-ring (bicyclic) bond motifs is 4. The molecule has 2 aliphatic rings. The molecule has 57 heavy (non-hydrogen) atoms. The smallest absolute Gasteiger partial charge is 1.00 e. The Bertz CT molecular complexity index is 2600. The van der Waals surface area contributed by atoms with Gasteiger partial charge in [-0.05, 0) is 0 Å². The van der Waals surface area contributed by atoms with Gasteiger partial charge in [-0.1, -0.05) is 0 Å². The van der Waals surface area contributed by atoms with Crippen molar-refractivity contribution in [3.05, 3.63) is 187 Å². The molecule has 8 aromatic rings. The minimum absolute atomic E-state index is 0. The summed E-state index contributed by atoms with van der Waals surface area (Å²) in [5.41, 5.74) is 14.4. The van der Waals surface area contributed by atoms with Gasteiger partial charge < -0.3 is 24.8 Å². The number of hydrogen-bond acceptors (Lipinski definition) is 2. The third kappa shape index (κ3) is 7.30. The van der Waals surface area contributed by atoms with Gasteiger partial charge in [0, 0.05) is 0 Å². The van der Waals surface area contributed by atoms with Crippen molar-refractivity contribution in [2.75, 3.05) is 0 Å². The van der Waals surface area contributed by atoms with Crippen LogP contribution in [0.4, 0.5) is 0 Å². The average Bonchev–Trinajstić information content (AvgIpc) is 4.04. The summed E-state index contributed by atoms with van der Waals surface area (Å²) in [7, 11) is 0. The van der Waals surface area contributed by atoms with E-state index in [4.69, 9.17) is 0 Å². The van der Waals surface area contributed by atoms with E-state index >= 15 is 0 Å². The van der Waals surface area contributed by atoms with E-state index in [1.807, 2.05) is 22.7 Å². The fraction of sp³-hybridized carbons (Fsp3) is 0.154. The molecular formula is C52H42Cl2S2Zr. The van der Waals surface area contributed by atoms with Crippen LogP contribution in [0.2, 0.25) is 0 Å². The van der Waals surface area contributed by atoms with Gasteiger partial charge in [0.05, 0.1) is 0 Å². The molecule has 2 aromatic heterocycles. The molecule has 2 aliphatic carbocycles. The molecule has 0 radical (unpaired) electrons. The van der Waals surface area contributed by atoms with E-state index in [1.165, 1.54) is 98.4 Å². The second-order valence-corrected chi connectivity index (χ2v) is 20.9. The van der Waals surface area contributed by atoms with Crippen molar-refractivity contribution in [2.45, 2.75) is 46.8 Å². The number of thiophene rings is 2. The topological polar surface area (TPSA) is 0 Å². The fourth-order valence-corrected chi connectivity index (χ4v) is 16.8. The van der Waals surface area contributed by atoms with Gasteiger partial charge in [-0.3, -0.25) is 0 Å². The molecule has 2 atom stereocenters. The van der Waals surface area contributed by atoms with E-state index in [-0.39, 0.29) is 24.8 Å². The Labute approximate surface area is 368 Å². The van der Waals surface area contributed by atoms with Crippen LogP contribution in [-0.2, 0) is 36.1 Å². The van der Waals surface area contributed by atoms with Gasteiger partial charge >= 0.3 is 347 Å². The van der Waals surface area contributed by atoms with Crippen LogP contribution in [0, 0.1) is 0 Å². The molecule has 0 aliphatic heterocycles. The third-order valence-electron chi connectivity index (χ3n) is 11.5. The Morgan fingerprint density at radius 2 is 0.842 bits per heavy atom. The summed E-state index contributed by atoms with van der Waals surface area (Å²) in [6.07, 6.45) is 9.87. The largest absolute Gasteiger partial charge is 1.00 e. The molecule has 280 valence electrons. The van der Waals surface area contributed by atoms with E-state index < -0.39 is 23.2 Å². The molecular weight excluding hydrogens is 851 g/mol. The van der Waals surface area contributed by atoms with Gasteiger partial charge in [0.15, 0.2) is 0 Å². The Kier molecular flexibility index (Phi) is 12.1. The molecule has 6 aromatic carbocycles. The Morgan fingerprint density at radius 1 is 0.439 bits per heavy atom. The predicted molar refractivity (Wildman–Crippen MR) is 237 cm³/mol. The monoisotopic (exact) mass is 890 g/mol. The zero-order valence-electron chi connectivity index (χ0n) is 32.1. The maximum Gasteiger partial charge on any atom is -1.00 e. The molecule has 2 unspecified atom stereocenters. The molecule has 0 saturated carbocycles. The van der Waals surface area contributed by atoms with Crippen LogP contribution in [0.5, 0.6) is 0 Å². The quantitative estimate of drug-likeness (QED) is 0.129. The maximum absolute atomic E-state index is 2.61. The summed E-state index contributed by atoms with van der Waals surface area (Å²) >= 11 is 2.81. The van der Waals surface area contributed by atoms with Crippen LogP contribution in [0.15, 0.2) is 146 Å². The molecule has 0 bridgehead atoms. The van der Waals surface area contributed by atoms with E-state index in [0.717, 1.165) is 12.8 Å². The van der Waals surface area contributed by atoms with Crippen LogP contribution in [0.25, 0.3) is 67.1 Å². The molecule has 0 amide bonds. The minimum atomic E-state index is -1.25. The van der Waals surface area contributed by atoms with Crippen LogP contribution >= 0.6 is 22.7 Å². The molecule has 0 nitrogen and oxygen atoms in total. The number of aryl methyl sites for hydroxylation is 2. The molecule has 0 spiro atoms. The number of allylic oxidation sites excluding steroid dienone is 2. The molecule has 5 heteroatoms. The van der Waals surface area contributed by atoms with Gasteiger partial charge in [-0.15, -0.1) is 0 Å². The zero-order chi connectivity index (χ0) is 36.9. The Morgan fingerprint density at radius 3 is 1.30 bits per heavy atom. The first kappa shape index (κ1) is 40.0. The van der Waals surface area contributed by atoms with E-state index in [1.54, 1.807) is 11.1 Å². The van der Waals surface area contributed by atoms with Gasteiger partial charge in [0.25, 0.3) is 0 Å². The number of rotatable bonds is 10. The van der Waals surface area contributed by atoms with Gasteiger partial charge in [-0.2, -0.15) is 0 Å². The first-order chi connectivity index (χ1) is 27.2. The number of halogens is 2. The standard InChI is InChI=1S/2C26H21S.2ClH.Zr/c2*1-2-7-21-14-15-26(27-21)20-16-19-10-6-13-24(25(19)17-20)23-12-5-9-18-8-3-4-11-22(18)23;;;/h2*3-6,8-17H,2,7H2,1H3;2*1H;/q;;;;+2/p-2. The number of benzene rings is 6. The summed E-state index contributed by atoms with van der Waals surface area (Å²) in [6, 6.07) is 55.4. The van der Waals surface area contributed by atoms with Crippen molar-refractivity contribution in [3.63, 3.8) is 0 Å². The minimum Gasteiger partial charge on any atom is -1.00 e. The van der Waals surface area contributed by atoms with Crippen LogP contribution in [0.1, 0.15) is 75.7 Å². The Balaban J connectivity index is 0.00000228. The van der Waals surface area contributed by atoms with Crippen molar-refractivity contribution in [3.8, 4) is 22.3 Å². The summed E-state index contributed by atoms with van der Waals surface area (Å²) in [6.45, 7) is 4.60. The van der Waals surface area contributed by atoms with Gasteiger partial charge in [0.1, 0.15) is 0 Å². The maximum atomic E-state index is 2.61. The molecule has 0 saturated heterocycles. The van der Waals surface area contributed by atoms with Crippen molar-refractivity contribution >= 4 is 67.5 Å². The molecule has 10 rings (SSSR count). The molecule has 2 heterocycles. The van der Waals surface area contributed by atoms with Crippen LogP contribution in [0.3, 0.4) is 0 Å². The first-order valence-corrected chi connectivity index (χ1v) is 24.2. The normalized spacial score (nSPS) is 15.3. The summed E-state index contributed by atoms with van der Waals surface area (Å²) in [4.78, 5) is 5.93. The fourth-order valence-electron chi connectivity index (χ4n) is 8.97. The van der Waals surface area contributed by atoms with Gasteiger partial charge in [0.2, 0.25) is 0 Å². The van der Waals surface area contributed by atoms with Crippen LogP contribution in [-0.4, -0.2) is 0 Å². The van der Waals surface area contributed by atoms with E-state index in [0.29, 0.717) is 7.25 Å². The summed E-state index contributed by atoms with van der Waals surface area (Å²) in [5.74, 6) is 0. The van der Waals surface area contributed by atoms with E-state index in [9.17, 15) is 0 Å². The predicted octanol–water partition coefficient (Wildman–Crippen LogP) is 9.34. The van der Waals surface area contributed by atoms with Crippen molar-refractivity contribution in [2.24, 2.45) is 0 Å². The average molecular weight is 893 g/mol. The molecule has 0 fully saturated rings. The van der Waals surface area contributed by atoms with Crippen LogP contribution < -0.4 is 24.8 Å². The second-order valence-electron chi connectivity index (χ2n) is 14.9. The SMILES string of the molecule is CCCc1ccc(C2=Cc3c(-c4cccc5ccccc45)cccc3[CH]2[Zr+2][CH]2C(c3ccc(CCC)s3)=Cc3c(-c4cccc5ccccc45)cccc32)s1.[Cl-].[Cl-]. The van der Waals surface area contributed by atoms with Crippen molar-refractivity contribution in [1.29, 1.82) is 0 Å². The summed E-state index contributed by atoms with van der Waals surface area (Å²) in [5, 5.41) is 5.25. The first-order valence-electron chi connectivity index (χ1n) is 19.8. The Hall–Kier alpha value is -3.82. The zero-order valence-corrected chi connectivity index (χ0v) is 37.7. The summed E-state index contributed by atoms with van der Waals surface area (Å²) < 4.78 is 0.884.